The number of carbonyl (C=O) groups excluding carboxylic acids is 1. The van der Waals surface area contributed by atoms with E-state index in [0.717, 1.165) is 50.0 Å². The third-order valence-corrected chi connectivity index (χ3v) is 7.48. The third kappa shape index (κ3) is 5.44. The van der Waals surface area contributed by atoms with Crippen molar-refractivity contribution in [2.75, 3.05) is 36.5 Å². The molecule has 0 saturated carbocycles. The lowest BCUT2D eigenvalue weighted by Gasteiger charge is -2.38. The van der Waals surface area contributed by atoms with Crippen molar-refractivity contribution in [3.8, 4) is 6.01 Å². The van der Waals surface area contributed by atoms with E-state index in [9.17, 15) is 9.18 Å². The number of hydrogen-bond donors (Lipinski definition) is 2. The average molecular weight is 548 g/mol. The quantitative estimate of drug-likeness (QED) is 0.357. The van der Waals surface area contributed by atoms with E-state index < -0.39 is 11.7 Å². The first-order chi connectivity index (χ1) is 19.3. The molecule has 40 heavy (non-hydrogen) atoms. The van der Waals surface area contributed by atoms with Gasteiger partial charge in [-0.2, -0.15) is 10.1 Å². The summed E-state index contributed by atoms with van der Waals surface area (Å²) in [7, 11) is 1.73. The van der Waals surface area contributed by atoms with E-state index in [1.54, 1.807) is 36.3 Å². The molecule has 11 heteroatoms. The zero-order valence-corrected chi connectivity index (χ0v) is 23.0. The molecule has 10 nitrogen and oxygen atoms in total. The molecule has 1 amide bonds. The Morgan fingerprint density at radius 2 is 2.05 bits per heavy atom. The summed E-state index contributed by atoms with van der Waals surface area (Å²) in [4.78, 5) is 25.1. The predicted octanol–water partition coefficient (Wildman–Crippen LogP) is 4.04. The Morgan fingerprint density at radius 1 is 1.23 bits per heavy atom. The lowest BCUT2D eigenvalue weighted by molar-refractivity contribution is 0.0889. The fraction of sp³-hybridized carbons (Fsp3) is 0.448. The van der Waals surface area contributed by atoms with Gasteiger partial charge in [0.1, 0.15) is 5.52 Å². The Balaban J connectivity index is 1.33. The van der Waals surface area contributed by atoms with Crippen molar-refractivity contribution in [3.05, 3.63) is 48.0 Å². The van der Waals surface area contributed by atoms with Crippen LogP contribution in [-0.4, -0.2) is 70.1 Å². The Hall–Kier alpha value is -3.83. The van der Waals surface area contributed by atoms with Crippen molar-refractivity contribution in [1.29, 1.82) is 0 Å². The van der Waals surface area contributed by atoms with Gasteiger partial charge in [-0.1, -0.05) is 0 Å². The lowest BCUT2D eigenvalue weighted by Crippen LogP contribution is -2.54. The Kier molecular flexibility index (Phi) is 7.24. The van der Waals surface area contributed by atoms with Gasteiger partial charge < -0.3 is 25.0 Å². The Labute approximate surface area is 231 Å². The lowest BCUT2D eigenvalue weighted by atomic mass is 10.0. The fourth-order valence-electron chi connectivity index (χ4n) is 5.78. The van der Waals surface area contributed by atoms with E-state index in [4.69, 9.17) is 14.5 Å². The van der Waals surface area contributed by atoms with Crippen molar-refractivity contribution in [2.24, 2.45) is 7.05 Å². The molecule has 2 fully saturated rings. The molecule has 6 rings (SSSR count). The second-order valence-corrected chi connectivity index (χ2v) is 10.8. The van der Waals surface area contributed by atoms with Crippen LogP contribution >= 0.6 is 0 Å². The highest BCUT2D eigenvalue weighted by molar-refractivity contribution is 6.14. The van der Waals surface area contributed by atoms with Gasteiger partial charge in [0.15, 0.2) is 5.82 Å². The number of rotatable bonds is 7. The maximum Gasteiger partial charge on any atom is 0.316 e. The zero-order chi connectivity index (χ0) is 27.8. The van der Waals surface area contributed by atoms with Crippen molar-refractivity contribution in [1.82, 2.24) is 25.1 Å². The molecule has 1 unspecified atom stereocenters. The number of nitrogens with zero attached hydrogens (tertiary/aromatic N) is 5. The largest absolute Gasteiger partial charge is 0.463 e. The summed E-state index contributed by atoms with van der Waals surface area (Å²) in [6.07, 6.45) is 6.49. The molecule has 0 radical (unpaired) electrons. The highest BCUT2D eigenvalue weighted by Gasteiger charge is 2.25. The predicted molar refractivity (Wildman–Crippen MR) is 152 cm³/mol. The third-order valence-electron chi connectivity index (χ3n) is 7.48. The molecule has 3 atom stereocenters. The van der Waals surface area contributed by atoms with Crippen LogP contribution in [0.1, 0.15) is 43.5 Å². The molecule has 2 N–H and O–H groups in total. The van der Waals surface area contributed by atoms with Crippen molar-refractivity contribution in [3.63, 3.8) is 0 Å². The number of amides is 1. The van der Waals surface area contributed by atoms with Crippen LogP contribution in [-0.2, 0) is 11.8 Å². The van der Waals surface area contributed by atoms with Gasteiger partial charge >= 0.3 is 6.01 Å². The molecule has 2 aromatic heterocycles. The number of aromatic nitrogens is 4. The number of aryl methyl sites for hydroxylation is 1. The Morgan fingerprint density at radius 3 is 2.83 bits per heavy atom. The molecule has 2 saturated heterocycles. The van der Waals surface area contributed by atoms with Crippen molar-refractivity contribution < 1.29 is 18.7 Å². The Bertz CT molecular complexity index is 1540. The van der Waals surface area contributed by atoms with Gasteiger partial charge in [0.2, 0.25) is 0 Å². The van der Waals surface area contributed by atoms with E-state index in [1.807, 2.05) is 6.07 Å². The number of piperazine rings is 1. The summed E-state index contributed by atoms with van der Waals surface area (Å²) < 4.78 is 27.8. The van der Waals surface area contributed by atoms with E-state index in [0.29, 0.717) is 40.8 Å². The number of fused-ring (bicyclic) bond motifs is 2. The number of carbonyl (C=O) groups is 1. The molecule has 2 aliphatic rings. The molecule has 4 heterocycles. The zero-order valence-electron chi connectivity index (χ0n) is 23.0. The van der Waals surface area contributed by atoms with Crippen LogP contribution in [0.15, 0.2) is 36.7 Å². The van der Waals surface area contributed by atoms with Crippen LogP contribution in [0.2, 0.25) is 0 Å². The molecule has 2 aliphatic heterocycles. The van der Waals surface area contributed by atoms with Gasteiger partial charge in [0.05, 0.1) is 23.8 Å². The molecular weight excluding hydrogens is 513 g/mol. The number of halogens is 1. The number of nitrogens with one attached hydrogen (secondary N) is 2. The van der Waals surface area contributed by atoms with Gasteiger partial charge in [-0.05, 0) is 51.0 Å². The minimum absolute atomic E-state index is 0.197. The number of ether oxygens (including phenoxy) is 2. The molecule has 2 aromatic carbocycles. The fourth-order valence-corrected chi connectivity index (χ4v) is 5.78. The highest BCUT2D eigenvalue weighted by atomic mass is 19.1. The number of benzene rings is 2. The maximum atomic E-state index is 14.7. The number of hydrogen-bond acceptors (Lipinski definition) is 8. The average Bonchev–Trinajstić information content (AvgIpc) is 3.56. The van der Waals surface area contributed by atoms with Gasteiger partial charge in [-0.3, -0.25) is 9.48 Å². The molecular formula is C29H34FN7O3. The molecule has 0 bridgehead atoms. The minimum atomic E-state index is -0.500. The van der Waals surface area contributed by atoms with E-state index in [1.165, 1.54) is 6.07 Å². The first kappa shape index (κ1) is 26.4. The first-order valence-corrected chi connectivity index (χ1v) is 13.8. The van der Waals surface area contributed by atoms with E-state index in [-0.39, 0.29) is 17.6 Å². The minimum Gasteiger partial charge on any atom is -0.463 e. The summed E-state index contributed by atoms with van der Waals surface area (Å²) in [5.41, 5.74) is 2.40. The SMILES string of the molecule is C[C@@H]1CN(c2ccc(C(=O)Nc3cc(F)c4nn(C)cc4c3)c3nc(OCCC4CCCO4)ncc23)C[C@@H](C)N1. The van der Waals surface area contributed by atoms with Crippen LogP contribution in [0.4, 0.5) is 15.8 Å². The highest BCUT2D eigenvalue weighted by Crippen LogP contribution is 2.31. The van der Waals surface area contributed by atoms with Crippen molar-refractivity contribution in [2.45, 2.75) is 51.3 Å². The van der Waals surface area contributed by atoms with Crippen LogP contribution in [0.25, 0.3) is 21.8 Å². The standard InChI is InChI=1S/C29H34FN7O3/c1-17-14-37(15-18(2)32-17)25-7-6-22(28(38)33-20-11-19-16-36(3)35-26(19)24(30)12-20)27-23(25)13-31-29(34-27)40-10-8-21-5-4-9-39-21/h6-7,11-13,16-18,21,32H,4-5,8-10,14-15H2,1-3H3,(H,33,38)/t17-,18-,21?/m1/s1. The second kappa shape index (κ2) is 11.0. The van der Waals surface area contributed by atoms with Crippen LogP contribution in [0.5, 0.6) is 6.01 Å². The summed E-state index contributed by atoms with van der Waals surface area (Å²) in [6.45, 7) is 7.15. The summed E-state index contributed by atoms with van der Waals surface area (Å²) >= 11 is 0. The normalized spacial score (nSPS) is 21.3. The first-order valence-electron chi connectivity index (χ1n) is 13.8. The summed E-state index contributed by atoms with van der Waals surface area (Å²) in [6, 6.07) is 7.52. The van der Waals surface area contributed by atoms with E-state index in [2.05, 4.69) is 39.5 Å². The van der Waals surface area contributed by atoms with Gasteiger partial charge in [0, 0.05) is 79.8 Å². The molecule has 210 valence electrons. The van der Waals surface area contributed by atoms with Crippen LogP contribution < -0.4 is 20.3 Å². The second-order valence-electron chi connectivity index (χ2n) is 10.8. The van der Waals surface area contributed by atoms with Gasteiger partial charge in [-0.25, -0.2) is 9.37 Å². The summed E-state index contributed by atoms with van der Waals surface area (Å²) in [5, 5.41) is 11.9. The van der Waals surface area contributed by atoms with Crippen LogP contribution in [0.3, 0.4) is 0 Å². The van der Waals surface area contributed by atoms with Crippen molar-refractivity contribution >= 4 is 39.1 Å². The monoisotopic (exact) mass is 547 g/mol. The smallest absolute Gasteiger partial charge is 0.316 e. The number of anilines is 2. The molecule has 4 aromatic rings. The molecule has 0 aliphatic carbocycles. The van der Waals surface area contributed by atoms with E-state index >= 15 is 0 Å². The topological polar surface area (TPSA) is 106 Å². The van der Waals surface area contributed by atoms with Gasteiger partial charge in [-0.15, -0.1) is 0 Å². The maximum absolute atomic E-state index is 14.7. The summed E-state index contributed by atoms with van der Waals surface area (Å²) in [5.74, 6) is -0.898. The molecule has 0 spiro atoms. The van der Waals surface area contributed by atoms with Crippen LogP contribution in [0, 0.1) is 5.82 Å². The van der Waals surface area contributed by atoms with Gasteiger partial charge in [0.25, 0.3) is 5.91 Å².